The summed E-state index contributed by atoms with van der Waals surface area (Å²) in [4.78, 5) is 38.4. The van der Waals surface area contributed by atoms with Crippen LogP contribution in [0.4, 0.5) is 0 Å². The summed E-state index contributed by atoms with van der Waals surface area (Å²) < 4.78 is 5.29. The number of H-pyrrole nitrogens is 1. The molecule has 0 aliphatic carbocycles. The maximum absolute atomic E-state index is 12.1. The highest BCUT2D eigenvalue weighted by Crippen LogP contribution is 2.23. The molecule has 0 atom stereocenters. The van der Waals surface area contributed by atoms with E-state index in [2.05, 4.69) is 17.2 Å². The minimum Gasteiger partial charge on any atom is -0.462 e. The van der Waals surface area contributed by atoms with E-state index < -0.39 is 5.91 Å². The van der Waals surface area contributed by atoms with Crippen molar-refractivity contribution in [3.63, 3.8) is 0 Å². The average molecular weight is 370 g/mol. The topological polar surface area (TPSA) is 88.3 Å². The van der Waals surface area contributed by atoms with Crippen LogP contribution in [0.15, 0.2) is 30.0 Å². The molecule has 27 heavy (non-hydrogen) atoms. The van der Waals surface area contributed by atoms with Crippen LogP contribution in [-0.2, 0) is 14.3 Å². The molecule has 6 nitrogen and oxygen atoms in total. The van der Waals surface area contributed by atoms with Crippen LogP contribution >= 0.6 is 0 Å². The number of ether oxygens (including phenoxy) is 1. The third-order valence-electron chi connectivity index (χ3n) is 4.22. The molecule has 0 saturated heterocycles. The Morgan fingerprint density at radius 3 is 2.63 bits per heavy atom. The van der Waals surface area contributed by atoms with Gasteiger partial charge in [-0.1, -0.05) is 32.8 Å². The normalized spacial score (nSPS) is 11.4. The number of rotatable bonds is 8. The van der Waals surface area contributed by atoms with E-state index in [9.17, 15) is 14.4 Å². The molecule has 2 rings (SSSR count). The Morgan fingerprint density at radius 1 is 1.19 bits per heavy atom. The van der Waals surface area contributed by atoms with Crippen molar-refractivity contribution >= 4 is 34.8 Å². The molecule has 6 heteroatoms. The Hall–Kier alpha value is -2.89. The maximum Gasteiger partial charge on any atom is 0.338 e. The Bertz CT molecular complexity index is 864. The lowest BCUT2D eigenvalue weighted by Gasteiger charge is -2.05. The fourth-order valence-electron chi connectivity index (χ4n) is 2.75. The van der Waals surface area contributed by atoms with E-state index in [0.717, 1.165) is 35.7 Å². The number of fused-ring (bicyclic) bond motifs is 1. The number of carbonyl (C=O) groups excluding carboxylic acids is 3. The SMILES string of the molecule is CCCCCOC(=O)c1ccc2c(/C=C(\CC)C(=O)NC(C)=O)c[nH]c2c1. The van der Waals surface area contributed by atoms with Crippen LogP contribution in [0, 0.1) is 0 Å². The first-order valence-electron chi connectivity index (χ1n) is 9.27. The van der Waals surface area contributed by atoms with E-state index in [1.807, 2.05) is 13.0 Å². The predicted octanol–water partition coefficient (Wildman–Crippen LogP) is 3.97. The van der Waals surface area contributed by atoms with E-state index in [-0.39, 0.29) is 11.9 Å². The molecule has 0 aliphatic rings. The minimum absolute atomic E-state index is 0.338. The van der Waals surface area contributed by atoms with Crippen molar-refractivity contribution in [2.75, 3.05) is 6.61 Å². The highest BCUT2D eigenvalue weighted by molar-refractivity contribution is 6.07. The molecule has 0 bridgehead atoms. The molecule has 0 radical (unpaired) electrons. The summed E-state index contributed by atoms with van der Waals surface area (Å²) in [6.45, 7) is 5.68. The van der Waals surface area contributed by atoms with Crippen molar-refractivity contribution in [3.8, 4) is 0 Å². The largest absolute Gasteiger partial charge is 0.462 e. The van der Waals surface area contributed by atoms with Crippen LogP contribution in [-0.4, -0.2) is 29.4 Å². The summed E-state index contributed by atoms with van der Waals surface area (Å²) in [5, 5.41) is 3.18. The number of aromatic amines is 1. The molecule has 1 heterocycles. The lowest BCUT2D eigenvalue weighted by molar-refractivity contribution is -0.127. The number of amides is 2. The lowest BCUT2D eigenvalue weighted by atomic mass is 10.1. The lowest BCUT2D eigenvalue weighted by Crippen LogP contribution is -2.29. The van der Waals surface area contributed by atoms with Crippen molar-refractivity contribution in [3.05, 3.63) is 41.1 Å². The van der Waals surface area contributed by atoms with Gasteiger partial charge in [-0.25, -0.2) is 4.79 Å². The highest BCUT2D eigenvalue weighted by atomic mass is 16.5. The summed E-state index contributed by atoms with van der Waals surface area (Å²) in [6.07, 6.45) is 7.00. The van der Waals surface area contributed by atoms with Crippen molar-refractivity contribution in [1.82, 2.24) is 10.3 Å². The predicted molar refractivity (Wildman–Crippen MR) is 105 cm³/mol. The number of hydrogen-bond donors (Lipinski definition) is 2. The molecular weight excluding hydrogens is 344 g/mol. The van der Waals surface area contributed by atoms with Crippen LogP contribution < -0.4 is 5.32 Å². The summed E-state index contributed by atoms with van der Waals surface area (Å²) in [5.74, 6) is -1.12. The van der Waals surface area contributed by atoms with E-state index in [1.54, 1.807) is 24.4 Å². The fraction of sp³-hybridized carbons (Fsp3) is 0.381. The molecule has 0 spiro atoms. The standard InChI is InChI=1S/C21H26N2O4/c1-4-6-7-10-27-21(26)16-8-9-18-17(13-22-19(18)12-16)11-15(5-2)20(25)23-14(3)24/h8-9,11-13,22H,4-7,10H2,1-3H3,(H,23,24,25)/b15-11+. The van der Waals surface area contributed by atoms with Crippen molar-refractivity contribution in [1.29, 1.82) is 0 Å². The Morgan fingerprint density at radius 2 is 1.96 bits per heavy atom. The zero-order valence-corrected chi connectivity index (χ0v) is 16.1. The third-order valence-corrected chi connectivity index (χ3v) is 4.22. The van der Waals surface area contributed by atoms with E-state index in [4.69, 9.17) is 4.74 Å². The van der Waals surface area contributed by atoms with Gasteiger partial charge in [0.25, 0.3) is 5.91 Å². The van der Waals surface area contributed by atoms with Crippen LogP contribution in [0.2, 0.25) is 0 Å². The number of nitrogens with one attached hydrogen (secondary N) is 2. The zero-order valence-electron chi connectivity index (χ0n) is 16.1. The van der Waals surface area contributed by atoms with Gasteiger partial charge < -0.3 is 9.72 Å². The van der Waals surface area contributed by atoms with E-state index >= 15 is 0 Å². The number of aromatic nitrogens is 1. The van der Waals surface area contributed by atoms with Crippen molar-refractivity contribution < 1.29 is 19.1 Å². The molecule has 2 amide bonds. The second-order valence-electron chi connectivity index (χ2n) is 6.38. The van der Waals surface area contributed by atoms with Crippen LogP contribution in [0.25, 0.3) is 17.0 Å². The molecular formula is C21H26N2O4. The molecule has 0 saturated carbocycles. The van der Waals surface area contributed by atoms with Crippen LogP contribution in [0.1, 0.15) is 62.4 Å². The summed E-state index contributed by atoms with van der Waals surface area (Å²) >= 11 is 0. The van der Waals surface area contributed by atoms with Gasteiger partial charge in [-0.15, -0.1) is 0 Å². The van der Waals surface area contributed by atoms with Crippen LogP contribution in [0.5, 0.6) is 0 Å². The number of unbranched alkanes of at least 4 members (excludes halogenated alkanes) is 2. The number of benzene rings is 1. The Balaban J connectivity index is 2.19. The first kappa shape index (κ1) is 20.4. The Kier molecular flexibility index (Phi) is 7.34. The molecule has 1 aromatic heterocycles. The summed E-state index contributed by atoms with van der Waals surface area (Å²) in [6, 6.07) is 5.30. The van der Waals surface area contributed by atoms with Gasteiger partial charge in [0, 0.05) is 35.2 Å². The fourth-order valence-corrected chi connectivity index (χ4v) is 2.75. The van der Waals surface area contributed by atoms with Gasteiger partial charge >= 0.3 is 5.97 Å². The first-order chi connectivity index (χ1) is 13.0. The number of carbonyl (C=O) groups is 3. The van der Waals surface area contributed by atoms with Crippen LogP contribution in [0.3, 0.4) is 0 Å². The van der Waals surface area contributed by atoms with Gasteiger partial charge in [-0.05, 0) is 31.1 Å². The van der Waals surface area contributed by atoms with Crippen molar-refractivity contribution in [2.45, 2.75) is 46.5 Å². The first-order valence-corrected chi connectivity index (χ1v) is 9.27. The van der Waals surface area contributed by atoms with E-state index in [0.29, 0.717) is 24.2 Å². The van der Waals surface area contributed by atoms with E-state index in [1.165, 1.54) is 6.92 Å². The van der Waals surface area contributed by atoms with Gasteiger partial charge in [0.2, 0.25) is 5.91 Å². The van der Waals surface area contributed by atoms with Crippen molar-refractivity contribution in [2.24, 2.45) is 0 Å². The number of esters is 1. The quantitative estimate of drug-likeness (QED) is 0.418. The van der Waals surface area contributed by atoms with Gasteiger partial charge in [0.1, 0.15) is 0 Å². The molecule has 144 valence electrons. The second kappa shape index (κ2) is 9.71. The van der Waals surface area contributed by atoms with Gasteiger partial charge in [0.05, 0.1) is 12.2 Å². The average Bonchev–Trinajstić information content (AvgIpc) is 3.04. The Labute approximate surface area is 159 Å². The monoisotopic (exact) mass is 370 g/mol. The molecule has 1 aromatic carbocycles. The maximum atomic E-state index is 12.1. The summed E-state index contributed by atoms with van der Waals surface area (Å²) in [7, 11) is 0. The zero-order chi connectivity index (χ0) is 19.8. The molecule has 0 fully saturated rings. The molecule has 2 N–H and O–H groups in total. The third kappa shape index (κ3) is 5.54. The smallest absolute Gasteiger partial charge is 0.338 e. The van der Waals surface area contributed by atoms with Gasteiger partial charge in [0.15, 0.2) is 0 Å². The molecule has 0 aliphatic heterocycles. The number of imide groups is 1. The van der Waals surface area contributed by atoms with Gasteiger partial charge in [-0.2, -0.15) is 0 Å². The number of hydrogen-bond acceptors (Lipinski definition) is 4. The second-order valence-corrected chi connectivity index (χ2v) is 6.38. The molecule has 0 unspecified atom stereocenters. The highest BCUT2D eigenvalue weighted by Gasteiger charge is 2.13. The summed E-state index contributed by atoms with van der Waals surface area (Å²) in [5.41, 5.74) is 2.60. The van der Waals surface area contributed by atoms with Gasteiger partial charge in [-0.3, -0.25) is 14.9 Å². The molecule has 2 aromatic rings. The minimum atomic E-state index is -0.397.